The molecule has 5 rings (SSSR count). The number of ether oxygens (including phenoxy) is 1. The number of H-pyrrole nitrogens is 1. The van der Waals surface area contributed by atoms with Gasteiger partial charge in [0.05, 0.1) is 5.52 Å². The molecule has 0 bridgehead atoms. The second kappa shape index (κ2) is 9.72. The number of rotatable bonds is 8. The molecule has 170 valence electrons. The maximum atomic E-state index is 5.89. The van der Waals surface area contributed by atoms with E-state index in [1.165, 1.54) is 0 Å². The molecule has 0 aliphatic rings. The second-order valence-corrected chi connectivity index (χ2v) is 8.37. The summed E-state index contributed by atoms with van der Waals surface area (Å²) in [7, 11) is 4.07. The first-order valence-corrected chi connectivity index (χ1v) is 11.1. The molecule has 2 N–H and O–H groups in total. The van der Waals surface area contributed by atoms with Crippen molar-refractivity contribution in [3.8, 4) is 17.1 Å². The summed E-state index contributed by atoms with van der Waals surface area (Å²) in [5.41, 5.74) is 4.98. The van der Waals surface area contributed by atoms with E-state index in [9.17, 15) is 0 Å². The van der Waals surface area contributed by atoms with Gasteiger partial charge in [0.25, 0.3) is 0 Å². The van der Waals surface area contributed by atoms with Crippen LogP contribution in [0.25, 0.3) is 22.3 Å². The Morgan fingerprint density at radius 3 is 2.53 bits per heavy atom. The zero-order valence-electron chi connectivity index (χ0n) is 19.2. The van der Waals surface area contributed by atoms with Crippen molar-refractivity contribution in [3.63, 3.8) is 0 Å². The van der Waals surface area contributed by atoms with Crippen molar-refractivity contribution in [3.05, 3.63) is 96.6 Å². The summed E-state index contributed by atoms with van der Waals surface area (Å²) in [6.45, 7) is 1.34. The molecule has 0 spiro atoms. The summed E-state index contributed by atoms with van der Waals surface area (Å²) in [4.78, 5) is 19.0. The van der Waals surface area contributed by atoms with Gasteiger partial charge in [0.1, 0.15) is 30.3 Å². The van der Waals surface area contributed by atoms with Crippen LogP contribution in [-0.2, 0) is 13.2 Å². The summed E-state index contributed by atoms with van der Waals surface area (Å²) in [6.07, 6.45) is 3.45. The van der Waals surface area contributed by atoms with Gasteiger partial charge >= 0.3 is 0 Å². The third-order valence-electron chi connectivity index (χ3n) is 5.39. The molecule has 3 aromatic carbocycles. The van der Waals surface area contributed by atoms with Gasteiger partial charge in [0, 0.05) is 35.1 Å². The van der Waals surface area contributed by atoms with Gasteiger partial charge in [-0.25, -0.2) is 15.0 Å². The fourth-order valence-electron chi connectivity index (χ4n) is 3.74. The van der Waals surface area contributed by atoms with Crippen LogP contribution in [0.15, 0.2) is 85.3 Å². The van der Waals surface area contributed by atoms with E-state index in [-0.39, 0.29) is 0 Å². The maximum absolute atomic E-state index is 5.89. The second-order valence-electron chi connectivity index (χ2n) is 8.37. The van der Waals surface area contributed by atoms with Gasteiger partial charge in [-0.2, -0.15) is 0 Å². The number of anilines is 2. The van der Waals surface area contributed by atoms with Crippen molar-refractivity contribution in [1.29, 1.82) is 0 Å². The molecular formula is C27H26N6O. The van der Waals surface area contributed by atoms with Crippen LogP contribution in [-0.4, -0.2) is 38.9 Å². The molecule has 0 saturated heterocycles. The Kier molecular flexibility index (Phi) is 6.18. The van der Waals surface area contributed by atoms with E-state index in [0.717, 1.165) is 57.3 Å². The lowest BCUT2D eigenvalue weighted by Gasteiger charge is -2.11. The van der Waals surface area contributed by atoms with Gasteiger partial charge in [-0.05, 0) is 62.1 Å². The van der Waals surface area contributed by atoms with E-state index < -0.39 is 0 Å². The Hall–Kier alpha value is -4.23. The number of aromatic amines is 1. The molecule has 0 unspecified atom stereocenters. The highest BCUT2D eigenvalue weighted by atomic mass is 16.5. The van der Waals surface area contributed by atoms with Crippen LogP contribution in [0.2, 0.25) is 0 Å². The molecule has 0 amide bonds. The van der Waals surface area contributed by atoms with Gasteiger partial charge in [-0.1, -0.05) is 30.3 Å². The topological polar surface area (TPSA) is 79.0 Å². The van der Waals surface area contributed by atoms with Crippen molar-refractivity contribution >= 4 is 22.4 Å². The van der Waals surface area contributed by atoms with E-state index in [2.05, 4.69) is 48.4 Å². The van der Waals surface area contributed by atoms with Crippen LogP contribution in [0, 0.1) is 0 Å². The van der Waals surface area contributed by atoms with Gasteiger partial charge in [0.2, 0.25) is 0 Å². The highest BCUT2D eigenvalue weighted by Crippen LogP contribution is 2.28. The third-order valence-corrected chi connectivity index (χ3v) is 5.39. The summed E-state index contributed by atoms with van der Waals surface area (Å²) in [5.74, 6) is 2.38. The Morgan fingerprint density at radius 2 is 1.74 bits per heavy atom. The maximum Gasteiger partial charge on any atom is 0.141 e. The predicted octanol–water partition coefficient (Wildman–Crippen LogP) is 5.40. The summed E-state index contributed by atoms with van der Waals surface area (Å²) in [6, 6.07) is 24.1. The number of imidazole rings is 1. The molecular weight excluding hydrogens is 424 g/mol. The van der Waals surface area contributed by atoms with Crippen molar-refractivity contribution in [2.75, 3.05) is 19.4 Å². The van der Waals surface area contributed by atoms with Crippen LogP contribution < -0.4 is 10.1 Å². The Bertz CT molecular complexity index is 1380. The molecule has 0 saturated carbocycles. The number of fused-ring (bicyclic) bond motifs is 1. The van der Waals surface area contributed by atoms with Crippen molar-refractivity contribution in [2.45, 2.75) is 13.2 Å². The van der Waals surface area contributed by atoms with Crippen LogP contribution in [0.5, 0.6) is 5.75 Å². The fourth-order valence-corrected chi connectivity index (χ4v) is 3.74. The van der Waals surface area contributed by atoms with Crippen molar-refractivity contribution < 1.29 is 4.74 Å². The fraction of sp³-hybridized carbons (Fsp3) is 0.148. The zero-order chi connectivity index (χ0) is 23.3. The molecule has 7 nitrogen and oxygen atoms in total. The first kappa shape index (κ1) is 21.6. The number of aromatic nitrogens is 4. The number of benzene rings is 3. The SMILES string of the molecule is CN(C)Cc1cnc(-c2ccc3ncnc(Nc4ccc(OCc5ccccc5)cc4)c3c2)[nH]1. The minimum absolute atomic E-state index is 0.538. The molecule has 2 aromatic heterocycles. The lowest BCUT2D eigenvalue weighted by molar-refractivity contribution is 0.306. The highest BCUT2D eigenvalue weighted by Gasteiger charge is 2.10. The van der Waals surface area contributed by atoms with Gasteiger partial charge in [0.15, 0.2) is 0 Å². The Morgan fingerprint density at radius 1 is 0.912 bits per heavy atom. The van der Waals surface area contributed by atoms with E-state index in [4.69, 9.17) is 4.74 Å². The molecule has 0 aliphatic carbocycles. The lowest BCUT2D eigenvalue weighted by Crippen LogP contribution is -2.10. The molecule has 0 fully saturated rings. The molecule has 5 aromatic rings. The minimum atomic E-state index is 0.538. The normalized spacial score (nSPS) is 11.1. The predicted molar refractivity (Wildman–Crippen MR) is 135 cm³/mol. The van der Waals surface area contributed by atoms with Crippen LogP contribution in [0.1, 0.15) is 11.3 Å². The summed E-state index contributed by atoms with van der Waals surface area (Å²) < 4.78 is 5.89. The zero-order valence-corrected chi connectivity index (χ0v) is 19.2. The van der Waals surface area contributed by atoms with E-state index >= 15 is 0 Å². The monoisotopic (exact) mass is 450 g/mol. The van der Waals surface area contributed by atoms with Crippen molar-refractivity contribution in [1.82, 2.24) is 24.8 Å². The van der Waals surface area contributed by atoms with Gasteiger partial charge in [-0.3, -0.25) is 0 Å². The molecule has 7 heteroatoms. The molecule has 0 aliphatic heterocycles. The Labute approximate surface area is 198 Å². The largest absolute Gasteiger partial charge is 0.489 e. The van der Waals surface area contributed by atoms with E-state index in [1.807, 2.05) is 74.9 Å². The smallest absolute Gasteiger partial charge is 0.141 e. The number of nitrogens with one attached hydrogen (secondary N) is 2. The van der Waals surface area contributed by atoms with E-state index in [1.54, 1.807) is 6.33 Å². The Balaban J connectivity index is 1.34. The van der Waals surface area contributed by atoms with Crippen LogP contribution in [0.3, 0.4) is 0 Å². The molecule has 0 radical (unpaired) electrons. The van der Waals surface area contributed by atoms with Crippen LogP contribution in [0.4, 0.5) is 11.5 Å². The standard InChI is InChI=1S/C27H26N6O/c1-33(2)16-22-15-28-26(32-22)20-8-13-25-24(14-20)27(30-18-29-25)31-21-9-11-23(12-10-21)34-17-19-6-4-3-5-7-19/h3-15,18H,16-17H2,1-2H3,(H,28,32)(H,29,30,31). The first-order chi connectivity index (χ1) is 16.6. The quantitative estimate of drug-likeness (QED) is 0.329. The molecule has 2 heterocycles. The summed E-state index contributed by atoms with van der Waals surface area (Å²) >= 11 is 0. The lowest BCUT2D eigenvalue weighted by atomic mass is 10.1. The average molecular weight is 451 g/mol. The average Bonchev–Trinajstić information content (AvgIpc) is 3.32. The highest BCUT2D eigenvalue weighted by molar-refractivity contribution is 5.93. The molecule has 34 heavy (non-hydrogen) atoms. The number of nitrogens with zero attached hydrogens (tertiary/aromatic N) is 4. The van der Waals surface area contributed by atoms with Crippen LogP contribution >= 0.6 is 0 Å². The van der Waals surface area contributed by atoms with Gasteiger partial charge in [-0.15, -0.1) is 0 Å². The number of hydrogen-bond acceptors (Lipinski definition) is 6. The third kappa shape index (κ3) is 5.05. The summed E-state index contributed by atoms with van der Waals surface area (Å²) in [5, 5.41) is 4.34. The van der Waals surface area contributed by atoms with E-state index in [0.29, 0.717) is 6.61 Å². The van der Waals surface area contributed by atoms with Gasteiger partial charge < -0.3 is 19.9 Å². The van der Waals surface area contributed by atoms with Crippen molar-refractivity contribution in [2.24, 2.45) is 0 Å². The number of hydrogen-bond donors (Lipinski definition) is 2. The molecule has 0 atom stereocenters. The first-order valence-electron chi connectivity index (χ1n) is 11.1. The minimum Gasteiger partial charge on any atom is -0.489 e.